The van der Waals surface area contributed by atoms with Crippen LogP contribution in [0.3, 0.4) is 0 Å². The van der Waals surface area contributed by atoms with Crippen LogP contribution in [0.4, 0.5) is 5.69 Å². The summed E-state index contributed by atoms with van der Waals surface area (Å²) in [6, 6.07) is 16.0. The summed E-state index contributed by atoms with van der Waals surface area (Å²) in [5.41, 5.74) is 4.47. The first-order valence-corrected chi connectivity index (χ1v) is 13.7. The molecule has 1 spiro atoms. The van der Waals surface area contributed by atoms with Crippen molar-refractivity contribution in [1.82, 2.24) is 20.0 Å². The number of hydrogen-bond donors (Lipinski definition) is 1. The van der Waals surface area contributed by atoms with E-state index in [0.29, 0.717) is 32.5 Å². The Kier molecular flexibility index (Phi) is 6.43. The fourth-order valence-corrected chi connectivity index (χ4v) is 6.54. The average molecular weight is 514 g/mol. The molecule has 0 unspecified atom stereocenters. The number of para-hydroxylation sites is 1. The fraction of sp³-hybridized carbons (Fsp3) is 0.433. The highest BCUT2D eigenvalue weighted by Gasteiger charge is 2.60. The van der Waals surface area contributed by atoms with Gasteiger partial charge < -0.3 is 15.0 Å². The van der Waals surface area contributed by atoms with Crippen molar-refractivity contribution < 1.29 is 14.3 Å². The molecule has 2 aromatic carbocycles. The molecule has 1 saturated heterocycles. The molecule has 8 heteroatoms. The Labute approximate surface area is 223 Å². The molecule has 3 aromatic rings. The van der Waals surface area contributed by atoms with E-state index in [-0.39, 0.29) is 24.4 Å². The van der Waals surface area contributed by atoms with Crippen LogP contribution in [-0.4, -0.2) is 52.7 Å². The second kappa shape index (κ2) is 9.91. The summed E-state index contributed by atoms with van der Waals surface area (Å²) in [5.74, 6) is 0.643. The molecule has 198 valence electrons. The number of carbonyl (C=O) groups excluding carboxylic acids is 2. The number of ether oxygens (including phenoxy) is 1. The van der Waals surface area contributed by atoms with Gasteiger partial charge in [0.05, 0.1) is 24.3 Å². The zero-order valence-corrected chi connectivity index (χ0v) is 22.2. The number of amides is 2. The summed E-state index contributed by atoms with van der Waals surface area (Å²) >= 11 is 0. The Morgan fingerprint density at radius 3 is 2.89 bits per heavy atom. The maximum atomic E-state index is 14.5. The van der Waals surface area contributed by atoms with Crippen LogP contribution in [0.2, 0.25) is 0 Å². The van der Waals surface area contributed by atoms with Gasteiger partial charge in [0.2, 0.25) is 11.8 Å². The smallest absolute Gasteiger partial charge is 0.240 e. The molecule has 4 heterocycles. The Morgan fingerprint density at radius 2 is 2.03 bits per heavy atom. The summed E-state index contributed by atoms with van der Waals surface area (Å²) in [6.07, 6.45) is 4.37. The normalized spacial score (nSPS) is 23.4. The summed E-state index contributed by atoms with van der Waals surface area (Å²) in [4.78, 5) is 31.5. The Hall–Kier alpha value is -3.65. The number of anilines is 1. The Morgan fingerprint density at radius 1 is 1.16 bits per heavy atom. The van der Waals surface area contributed by atoms with E-state index >= 15 is 0 Å². The molecule has 6 rings (SSSR count). The lowest BCUT2D eigenvalue weighted by atomic mass is 9.72. The largest absolute Gasteiger partial charge is 0.494 e. The quantitative estimate of drug-likeness (QED) is 0.575. The number of carbonyl (C=O) groups is 2. The van der Waals surface area contributed by atoms with Crippen molar-refractivity contribution in [3.05, 3.63) is 77.1 Å². The SMILES string of the molecule is CCCn1ncc(CN2CC[C@]34C(=O)N(CC(=O)NCCCOc5cccc(c5)[C@H]23)c2ccccc24)c1C. The lowest BCUT2D eigenvalue weighted by Gasteiger charge is -2.35. The third kappa shape index (κ3) is 3.98. The van der Waals surface area contributed by atoms with Gasteiger partial charge in [0.1, 0.15) is 12.3 Å². The van der Waals surface area contributed by atoms with E-state index in [4.69, 9.17) is 4.74 Å². The predicted molar refractivity (Wildman–Crippen MR) is 145 cm³/mol. The Balaban J connectivity index is 1.49. The van der Waals surface area contributed by atoms with Gasteiger partial charge in [-0.2, -0.15) is 5.10 Å². The van der Waals surface area contributed by atoms with Gasteiger partial charge in [-0.05, 0) is 55.5 Å². The molecule has 2 atom stereocenters. The van der Waals surface area contributed by atoms with Gasteiger partial charge in [0.15, 0.2) is 0 Å². The average Bonchev–Trinajstić information content (AvgIpc) is 3.54. The van der Waals surface area contributed by atoms with Crippen LogP contribution < -0.4 is 15.0 Å². The van der Waals surface area contributed by atoms with E-state index in [2.05, 4.69) is 52.0 Å². The van der Waals surface area contributed by atoms with Gasteiger partial charge in [-0.3, -0.25) is 19.2 Å². The van der Waals surface area contributed by atoms with Gasteiger partial charge in [0.25, 0.3) is 0 Å². The van der Waals surface area contributed by atoms with Crippen molar-refractivity contribution in [1.29, 1.82) is 0 Å². The second-order valence-electron chi connectivity index (χ2n) is 10.6. The molecule has 0 aliphatic carbocycles. The molecule has 1 N–H and O–H groups in total. The van der Waals surface area contributed by atoms with Gasteiger partial charge in [0, 0.05) is 43.1 Å². The number of rotatable bonds is 4. The minimum atomic E-state index is -0.785. The summed E-state index contributed by atoms with van der Waals surface area (Å²) in [7, 11) is 0. The monoisotopic (exact) mass is 513 g/mol. The molecular formula is C30H35N5O3. The molecule has 2 amide bonds. The van der Waals surface area contributed by atoms with Crippen molar-refractivity contribution in [2.45, 2.75) is 57.7 Å². The summed E-state index contributed by atoms with van der Waals surface area (Å²) in [6.45, 7) is 7.68. The number of nitrogens with one attached hydrogen (secondary N) is 1. The van der Waals surface area contributed by atoms with Gasteiger partial charge in [-0.25, -0.2) is 0 Å². The van der Waals surface area contributed by atoms with Crippen LogP contribution in [0.5, 0.6) is 5.75 Å². The maximum absolute atomic E-state index is 14.5. The van der Waals surface area contributed by atoms with Crippen molar-refractivity contribution in [2.24, 2.45) is 0 Å². The third-order valence-electron chi connectivity index (χ3n) is 8.33. The molecule has 3 aliphatic rings. The molecule has 1 aromatic heterocycles. The van der Waals surface area contributed by atoms with E-state index in [9.17, 15) is 9.59 Å². The van der Waals surface area contributed by atoms with Crippen molar-refractivity contribution in [3.63, 3.8) is 0 Å². The third-order valence-corrected chi connectivity index (χ3v) is 8.33. The number of benzene rings is 2. The number of fused-ring (bicyclic) bond motifs is 6. The highest BCUT2D eigenvalue weighted by Crippen LogP contribution is 2.57. The van der Waals surface area contributed by atoms with Crippen LogP contribution >= 0.6 is 0 Å². The number of hydrogen-bond acceptors (Lipinski definition) is 5. The van der Waals surface area contributed by atoms with Crippen LogP contribution in [-0.2, 0) is 28.1 Å². The predicted octanol–water partition coefficient (Wildman–Crippen LogP) is 3.73. The molecule has 0 radical (unpaired) electrons. The zero-order chi connectivity index (χ0) is 26.3. The molecule has 0 saturated carbocycles. The topological polar surface area (TPSA) is 79.7 Å². The van der Waals surface area contributed by atoms with E-state index in [1.54, 1.807) is 4.90 Å². The lowest BCUT2D eigenvalue weighted by Crippen LogP contribution is -2.47. The molecule has 3 aliphatic heterocycles. The van der Waals surface area contributed by atoms with E-state index < -0.39 is 5.41 Å². The fourth-order valence-electron chi connectivity index (χ4n) is 6.54. The minimum absolute atomic E-state index is 0.00290. The molecule has 8 nitrogen and oxygen atoms in total. The van der Waals surface area contributed by atoms with Crippen LogP contribution in [0.15, 0.2) is 54.7 Å². The second-order valence-corrected chi connectivity index (χ2v) is 10.6. The maximum Gasteiger partial charge on any atom is 0.240 e. The van der Waals surface area contributed by atoms with Gasteiger partial charge in [-0.1, -0.05) is 37.3 Å². The van der Waals surface area contributed by atoms with Gasteiger partial charge in [-0.15, -0.1) is 0 Å². The number of likely N-dealkylation sites (tertiary alicyclic amines) is 1. The number of aryl methyl sites for hydroxylation is 1. The highest BCUT2D eigenvalue weighted by atomic mass is 16.5. The molecule has 38 heavy (non-hydrogen) atoms. The van der Waals surface area contributed by atoms with Crippen molar-refractivity contribution in [3.8, 4) is 5.75 Å². The minimum Gasteiger partial charge on any atom is -0.494 e. The summed E-state index contributed by atoms with van der Waals surface area (Å²) in [5, 5.41) is 7.60. The molecular weight excluding hydrogens is 478 g/mol. The van der Waals surface area contributed by atoms with E-state index in [1.807, 2.05) is 36.5 Å². The lowest BCUT2D eigenvalue weighted by molar-refractivity contribution is -0.127. The molecule has 1 fully saturated rings. The highest BCUT2D eigenvalue weighted by molar-refractivity contribution is 6.11. The van der Waals surface area contributed by atoms with Crippen molar-refractivity contribution in [2.75, 3.05) is 31.1 Å². The van der Waals surface area contributed by atoms with Gasteiger partial charge >= 0.3 is 0 Å². The first kappa shape index (κ1) is 24.7. The first-order valence-electron chi connectivity index (χ1n) is 13.7. The standard InChI is InChI=1S/C30H35N5O3/c1-3-14-35-21(2)23(18-32-35)19-33-15-12-30-25-10-4-5-11-26(25)34(29(30)37)20-27(36)31-13-7-16-38-24-9-6-8-22(17-24)28(30)33/h4-6,8-11,17-18,28H,3,7,12-16,19-20H2,1-2H3,(H,31,36)/t28-,30+/m0/s1. The zero-order valence-electron chi connectivity index (χ0n) is 22.2. The Bertz CT molecular complexity index is 1370. The van der Waals surface area contributed by atoms with Crippen LogP contribution in [0.25, 0.3) is 0 Å². The number of aromatic nitrogens is 2. The summed E-state index contributed by atoms with van der Waals surface area (Å²) < 4.78 is 8.14. The van der Waals surface area contributed by atoms with Crippen LogP contribution in [0, 0.1) is 6.92 Å². The van der Waals surface area contributed by atoms with Crippen molar-refractivity contribution >= 4 is 17.5 Å². The van der Waals surface area contributed by atoms with E-state index in [0.717, 1.165) is 42.1 Å². The van der Waals surface area contributed by atoms with E-state index in [1.165, 1.54) is 11.3 Å². The van der Waals surface area contributed by atoms with Crippen LogP contribution in [0.1, 0.15) is 54.6 Å². The first-order chi connectivity index (χ1) is 18.5. The molecule has 4 bridgehead atoms. The number of nitrogens with zero attached hydrogens (tertiary/aromatic N) is 4.